The molecule has 0 aromatic heterocycles. The van der Waals surface area contributed by atoms with Crippen LogP contribution in [-0.4, -0.2) is 17.4 Å². The van der Waals surface area contributed by atoms with Crippen molar-refractivity contribution in [2.24, 2.45) is 10.8 Å². The number of phenols is 1. The van der Waals surface area contributed by atoms with Crippen molar-refractivity contribution in [2.45, 2.75) is 0 Å². The number of amides is 2. The molecule has 1 aromatic rings. The van der Waals surface area contributed by atoms with Crippen molar-refractivity contribution in [1.29, 1.82) is 0 Å². The van der Waals surface area contributed by atoms with Gasteiger partial charge < -0.3 is 10.8 Å². The largest absolute Gasteiger partial charge is 0.508 e. The smallest absolute Gasteiger partial charge is 0.332 e. The number of urea groups is 1. The van der Waals surface area contributed by atoms with E-state index in [9.17, 15) is 9.18 Å². The van der Waals surface area contributed by atoms with Gasteiger partial charge in [0.1, 0.15) is 11.6 Å². The summed E-state index contributed by atoms with van der Waals surface area (Å²) in [7, 11) is 0. The third-order valence-electron chi connectivity index (χ3n) is 1.36. The Morgan fingerprint density at radius 2 is 2.36 bits per heavy atom. The predicted molar refractivity (Wildman–Crippen MR) is 48.4 cm³/mol. The van der Waals surface area contributed by atoms with E-state index in [-0.39, 0.29) is 11.3 Å². The van der Waals surface area contributed by atoms with Crippen LogP contribution in [0.4, 0.5) is 9.18 Å². The second-order valence-electron chi connectivity index (χ2n) is 2.44. The van der Waals surface area contributed by atoms with Crippen molar-refractivity contribution in [1.82, 2.24) is 5.43 Å². The lowest BCUT2D eigenvalue weighted by Gasteiger charge is -1.96. The first-order valence-electron chi connectivity index (χ1n) is 3.66. The molecule has 14 heavy (non-hydrogen) atoms. The molecule has 0 atom stereocenters. The zero-order valence-electron chi connectivity index (χ0n) is 7.07. The number of nitrogens with zero attached hydrogens (tertiary/aromatic N) is 1. The van der Waals surface area contributed by atoms with E-state index in [2.05, 4.69) is 5.10 Å². The molecule has 0 spiro atoms. The number of halogens is 1. The molecule has 0 aliphatic carbocycles. The van der Waals surface area contributed by atoms with Crippen molar-refractivity contribution >= 4 is 12.2 Å². The van der Waals surface area contributed by atoms with Gasteiger partial charge in [0.25, 0.3) is 0 Å². The molecule has 0 bridgehead atoms. The number of benzene rings is 1. The fourth-order valence-corrected chi connectivity index (χ4v) is 0.786. The van der Waals surface area contributed by atoms with Gasteiger partial charge in [-0.15, -0.1) is 0 Å². The monoisotopic (exact) mass is 197 g/mol. The fourth-order valence-electron chi connectivity index (χ4n) is 0.786. The van der Waals surface area contributed by atoms with Gasteiger partial charge in [0.05, 0.1) is 6.21 Å². The molecule has 0 saturated heterocycles. The number of phenolic OH excluding ortho intramolecular Hbond substituents is 1. The van der Waals surface area contributed by atoms with Gasteiger partial charge in [-0.1, -0.05) is 0 Å². The Labute approximate surface area is 79.0 Å². The predicted octanol–water partition coefficient (Wildman–Crippen LogP) is 0.533. The van der Waals surface area contributed by atoms with Gasteiger partial charge in [-0.25, -0.2) is 14.6 Å². The molecule has 0 aliphatic heterocycles. The first-order chi connectivity index (χ1) is 6.59. The van der Waals surface area contributed by atoms with Crippen molar-refractivity contribution < 1.29 is 14.3 Å². The van der Waals surface area contributed by atoms with E-state index in [0.717, 1.165) is 12.3 Å². The second-order valence-corrected chi connectivity index (χ2v) is 2.44. The maximum Gasteiger partial charge on any atom is 0.332 e. The summed E-state index contributed by atoms with van der Waals surface area (Å²) in [6.07, 6.45) is 1.08. The zero-order chi connectivity index (χ0) is 10.6. The molecule has 0 aliphatic rings. The highest BCUT2D eigenvalue weighted by Gasteiger charge is 1.99. The number of primary amides is 1. The summed E-state index contributed by atoms with van der Waals surface area (Å²) in [5.41, 5.74) is 6.77. The Bertz CT molecular complexity index is 379. The molecular formula is C8H8FN3O2. The van der Waals surface area contributed by atoms with Crippen LogP contribution in [0.1, 0.15) is 5.56 Å². The molecule has 0 saturated carbocycles. The van der Waals surface area contributed by atoms with Crippen molar-refractivity contribution in [3.8, 4) is 5.75 Å². The highest BCUT2D eigenvalue weighted by molar-refractivity contribution is 5.81. The standard InChI is InChI=1S/C8H8FN3O2/c9-7-3-6(13)2-1-5(7)4-11-12-8(10)14/h1-4,13H,(H3,10,12,14). The van der Waals surface area contributed by atoms with Crippen LogP contribution in [0.5, 0.6) is 5.75 Å². The van der Waals surface area contributed by atoms with Crippen molar-refractivity contribution in [3.63, 3.8) is 0 Å². The van der Waals surface area contributed by atoms with E-state index in [1.807, 2.05) is 5.43 Å². The number of carbonyl (C=O) groups is 1. The third kappa shape index (κ3) is 2.74. The van der Waals surface area contributed by atoms with Crippen molar-refractivity contribution in [3.05, 3.63) is 29.6 Å². The van der Waals surface area contributed by atoms with Gasteiger partial charge in [-0.2, -0.15) is 5.10 Å². The Morgan fingerprint density at radius 1 is 1.64 bits per heavy atom. The molecule has 0 fully saturated rings. The molecular weight excluding hydrogens is 189 g/mol. The van der Waals surface area contributed by atoms with Crippen LogP contribution in [-0.2, 0) is 0 Å². The SMILES string of the molecule is NC(=O)NN=Cc1ccc(O)cc1F. The maximum absolute atomic E-state index is 13.0. The van der Waals surface area contributed by atoms with Gasteiger partial charge >= 0.3 is 6.03 Å². The molecule has 4 N–H and O–H groups in total. The number of hydrogen-bond donors (Lipinski definition) is 3. The van der Waals surface area contributed by atoms with Crippen LogP contribution >= 0.6 is 0 Å². The van der Waals surface area contributed by atoms with Gasteiger partial charge in [-0.3, -0.25) is 0 Å². The second kappa shape index (κ2) is 4.22. The van der Waals surface area contributed by atoms with Gasteiger partial charge in [0.15, 0.2) is 0 Å². The number of hydrazone groups is 1. The van der Waals surface area contributed by atoms with Crippen LogP contribution < -0.4 is 11.2 Å². The minimum atomic E-state index is -0.833. The third-order valence-corrected chi connectivity index (χ3v) is 1.36. The summed E-state index contributed by atoms with van der Waals surface area (Å²) in [6.45, 7) is 0. The fraction of sp³-hybridized carbons (Fsp3) is 0. The Hall–Kier alpha value is -2.11. The average Bonchev–Trinajstić information content (AvgIpc) is 2.08. The lowest BCUT2D eigenvalue weighted by Crippen LogP contribution is -2.24. The van der Waals surface area contributed by atoms with Crippen LogP contribution in [0.3, 0.4) is 0 Å². The first-order valence-corrected chi connectivity index (χ1v) is 3.66. The molecule has 0 heterocycles. The quantitative estimate of drug-likeness (QED) is 0.477. The van der Waals surface area contributed by atoms with Crippen LogP contribution in [0.15, 0.2) is 23.3 Å². The minimum absolute atomic E-state index is 0.136. The molecule has 1 rings (SSSR count). The number of carbonyl (C=O) groups excluding carboxylic acids is 1. The van der Waals surface area contributed by atoms with Crippen LogP contribution in [0.2, 0.25) is 0 Å². The van der Waals surface area contributed by atoms with Crippen LogP contribution in [0, 0.1) is 5.82 Å². The molecule has 74 valence electrons. The van der Waals surface area contributed by atoms with E-state index in [1.165, 1.54) is 12.1 Å². The summed E-state index contributed by atoms with van der Waals surface area (Å²) in [4.78, 5) is 10.2. The topological polar surface area (TPSA) is 87.7 Å². The molecule has 5 nitrogen and oxygen atoms in total. The number of nitrogens with one attached hydrogen (secondary N) is 1. The van der Waals surface area contributed by atoms with E-state index >= 15 is 0 Å². The summed E-state index contributed by atoms with van der Waals surface area (Å²) < 4.78 is 13.0. The number of hydrogen-bond acceptors (Lipinski definition) is 3. The van der Waals surface area contributed by atoms with E-state index in [4.69, 9.17) is 10.8 Å². The molecule has 0 radical (unpaired) electrons. The average molecular weight is 197 g/mol. The van der Waals surface area contributed by atoms with Gasteiger partial charge in [-0.05, 0) is 12.1 Å². The highest BCUT2D eigenvalue weighted by Crippen LogP contribution is 2.12. The summed E-state index contributed by atoms with van der Waals surface area (Å²) >= 11 is 0. The summed E-state index contributed by atoms with van der Waals surface area (Å²) in [5, 5.41) is 12.2. The Morgan fingerprint density at radius 3 is 2.93 bits per heavy atom. The molecule has 6 heteroatoms. The number of aromatic hydroxyl groups is 1. The normalized spacial score (nSPS) is 10.4. The Kier molecular flexibility index (Phi) is 3.01. The highest BCUT2D eigenvalue weighted by atomic mass is 19.1. The molecule has 0 unspecified atom stereocenters. The lowest BCUT2D eigenvalue weighted by atomic mass is 10.2. The zero-order valence-corrected chi connectivity index (χ0v) is 7.07. The summed E-state index contributed by atoms with van der Waals surface area (Å²) in [6, 6.07) is 2.72. The first kappa shape index (κ1) is 9.97. The van der Waals surface area contributed by atoms with Gasteiger partial charge in [0.2, 0.25) is 0 Å². The van der Waals surface area contributed by atoms with Crippen molar-refractivity contribution in [2.75, 3.05) is 0 Å². The lowest BCUT2D eigenvalue weighted by molar-refractivity contribution is 0.249. The molecule has 1 aromatic carbocycles. The van der Waals surface area contributed by atoms with Crippen LogP contribution in [0.25, 0.3) is 0 Å². The number of nitrogens with two attached hydrogens (primary N) is 1. The van der Waals surface area contributed by atoms with E-state index in [0.29, 0.717) is 0 Å². The minimum Gasteiger partial charge on any atom is -0.508 e. The Balaban J connectivity index is 2.76. The van der Waals surface area contributed by atoms with E-state index < -0.39 is 11.8 Å². The van der Waals surface area contributed by atoms with E-state index in [1.54, 1.807) is 0 Å². The molecule has 2 amide bonds. The summed E-state index contributed by atoms with van der Waals surface area (Å²) in [5.74, 6) is -0.817. The maximum atomic E-state index is 13.0. The van der Waals surface area contributed by atoms with Gasteiger partial charge in [0, 0.05) is 11.6 Å². The number of rotatable bonds is 2.